The lowest BCUT2D eigenvalue weighted by atomic mass is 9.93. The fraction of sp³-hybridized carbons (Fsp3) is 0.316. The van der Waals surface area contributed by atoms with Crippen LogP contribution < -0.4 is 10.5 Å². The lowest BCUT2D eigenvalue weighted by Gasteiger charge is -2.16. The molecule has 0 bridgehead atoms. The number of carbonyl (C=O) groups excluding carboxylic acids is 1. The van der Waals surface area contributed by atoms with Crippen LogP contribution in [0.3, 0.4) is 0 Å². The van der Waals surface area contributed by atoms with E-state index in [4.69, 9.17) is 5.14 Å². The number of sulfonamides is 1. The van der Waals surface area contributed by atoms with Crippen LogP contribution in [0.15, 0.2) is 59.5 Å². The van der Waals surface area contributed by atoms with E-state index in [0.29, 0.717) is 13.0 Å². The fourth-order valence-electron chi connectivity index (χ4n) is 2.72. The molecule has 0 radical (unpaired) electrons. The van der Waals surface area contributed by atoms with Crippen molar-refractivity contribution < 1.29 is 13.2 Å². The van der Waals surface area contributed by atoms with Gasteiger partial charge in [-0.25, -0.2) is 13.6 Å². The van der Waals surface area contributed by atoms with Gasteiger partial charge < -0.3 is 5.32 Å². The van der Waals surface area contributed by atoms with E-state index in [2.05, 4.69) is 12.2 Å². The van der Waals surface area contributed by atoms with E-state index < -0.39 is 10.0 Å². The molecule has 6 heteroatoms. The molecule has 1 atom stereocenters. The summed E-state index contributed by atoms with van der Waals surface area (Å²) in [7, 11) is -3.67. The van der Waals surface area contributed by atoms with E-state index in [1.165, 1.54) is 12.1 Å². The van der Waals surface area contributed by atoms with E-state index >= 15 is 0 Å². The molecule has 2 aromatic carbocycles. The molecule has 2 aromatic rings. The Morgan fingerprint density at radius 2 is 1.72 bits per heavy atom. The van der Waals surface area contributed by atoms with Crippen molar-refractivity contribution in [3.05, 3.63) is 65.7 Å². The Balaban J connectivity index is 1.92. The van der Waals surface area contributed by atoms with Gasteiger partial charge in [-0.1, -0.05) is 55.8 Å². The fourth-order valence-corrected chi connectivity index (χ4v) is 3.24. The summed E-state index contributed by atoms with van der Waals surface area (Å²) in [6, 6.07) is 16.2. The standard InChI is InChI=1S/C19H24N2O3S/c1-2-6-18(16-7-4-3-5-8-16)19(22)21-14-13-15-9-11-17(12-10-15)25(20,23)24/h3-5,7-12,18H,2,6,13-14H2,1H3,(H,21,22)(H2,20,23,24)/t18-/m1/s1. The molecule has 0 aliphatic rings. The third-order valence-corrected chi connectivity index (χ3v) is 4.99. The summed E-state index contributed by atoms with van der Waals surface area (Å²) >= 11 is 0. The number of hydrogen-bond acceptors (Lipinski definition) is 3. The molecule has 3 N–H and O–H groups in total. The minimum atomic E-state index is -3.67. The highest BCUT2D eigenvalue weighted by Crippen LogP contribution is 2.21. The minimum Gasteiger partial charge on any atom is -0.355 e. The Hall–Kier alpha value is -2.18. The molecule has 0 spiro atoms. The summed E-state index contributed by atoms with van der Waals surface area (Å²) < 4.78 is 22.5. The molecule has 1 amide bonds. The Kier molecular flexibility index (Phi) is 6.73. The monoisotopic (exact) mass is 360 g/mol. The van der Waals surface area contributed by atoms with Gasteiger partial charge in [-0.15, -0.1) is 0 Å². The molecule has 0 unspecified atom stereocenters. The van der Waals surface area contributed by atoms with Gasteiger partial charge in [-0.2, -0.15) is 0 Å². The largest absolute Gasteiger partial charge is 0.355 e. The molecule has 25 heavy (non-hydrogen) atoms. The van der Waals surface area contributed by atoms with Crippen molar-refractivity contribution in [2.24, 2.45) is 5.14 Å². The molecule has 2 rings (SSSR count). The Morgan fingerprint density at radius 3 is 2.28 bits per heavy atom. The molecule has 0 fully saturated rings. The molecule has 0 aromatic heterocycles. The van der Waals surface area contributed by atoms with Crippen molar-refractivity contribution >= 4 is 15.9 Å². The first-order valence-corrected chi connectivity index (χ1v) is 9.91. The highest BCUT2D eigenvalue weighted by Gasteiger charge is 2.18. The highest BCUT2D eigenvalue weighted by molar-refractivity contribution is 7.89. The molecule has 5 nitrogen and oxygen atoms in total. The Labute approximate surface area is 149 Å². The normalized spacial score (nSPS) is 12.6. The van der Waals surface area contributed by atoms with Crippen LogP contribution in [0.4, 0.5) is 0 Å². The highest BCUT2D eigenvalue weighted by atomic mass is 32.2. The SMILES string of the molecule is CCC[C@@H](C(=O)NCCc1ccc(S(N)(=O)=O)cc1)c1ccccc1. The maximum absolute atomic E-state index is 12.5. The number of nitrogens with one attached hydrogen (secondary N) is 1. The van der Waals surface area contributed by atoms with Gasteiger partial charge in [0.05, 0.1) is 10.8 Å². The van der Waals surface area contributed by atoms with Crippen molar-refractivity contribution in [1.82, 2.24) is 5.32 Å². The molecule has 134 valence electrons. The second-order valence-corrected chi connectivity index (χ2v) is 7.54. The van der Waals surface area contributed by atoms with Crippen molar-refractivity contribution in [1.29, 1.82) is 0 Å². The van der Waals surface area contributed by atoms with Crippen LogP contribution >= 0.6 is 0 Å². The lowest BCUT2D eigenvalue weighted by Crippen LogP contribution is -2.31. The van der Waals surface area contributed by atoms with Gasteiger partial charge >= 0.3 is 0 Å². The zero-order valence-electron chi connectivity index (χ0n) is 14.3. The average molecular weight is 360 g/mol. The predicted molar refractivity (Wildman–Crippen MR) is 98.6 cm³/mol. The Bertz CT molecular complexity index is 787. The van der Waals surface area contributed by atoms with E-state index in [1.807, 2.05) is 30.3 Å². The topological polar surface area (TPSA) is 89.3 Å². The summed E-state index contributed by atoms with van der Waals surface area (Å²) in [4.78, 5) is 12.6. The summed E-state index contributed by atoms with van der Waals surface area (Å²) in [6.45, 7) is 2.57. The van der Waals surface area contributed by atoms with E-state index in [1.54, 1.807) is 12.1 Å². The third-order valence-electron chi connectivity index (χ3n) is 4.06. The quantitative estimate of drug-likeness (QED) is 0.758. The number of carbonyl (C=O) groups is 1. The van der Waals surface area contributed by atoms with Gasteiger partial charge in [0.2, 0.25) is 15.9 Å². The molecular formula is C19H24N2O3S. The van der Waals surface area contributed by atoms with Crippen LogP contribution in [0.25, 0.3) is 0 Å². The van der Waals surface area contributed by atoms with Crippen LogP contribution in [0.1, 0.15) is 36.8 Å². The summed E-state index contributed by atoms with van der Waals surface area (Å²) in [5.41, 5.74) is 1.97. The average Bonchev–Trinajstić information content (AvgIpc) is 2.60. The summed E-state index contributed by atoms with van der Waals surface area (Å²) in [6.07, 6.45) is 2.37. The minimum absolute atomic E-state index is 0.0224. The number of rotatable bonds is 8. The van der Waals surface area contributed by atoms with Crippen molar-refractivity contribution in [2.75, 3.05) is 6.54 Å². The summed E-state index contributed by atoms with van der Waals surface area (Å²) in [5.74, 6) is -0.120. The van der Waals surface area contributed by atoms with E-state index in [-0.39, 0.29) is 16.7 Å². The number of hydrogen-bond donors (Lipinski definition) is 2. The van der Waals surface area contributed by atoms with Crippen molar-refractivity contribution in [3.63, 3.8) is 0 Å². The maximum atomic E-state index is 12.5. The second-order valence-electron chi connectivity index (χ2n) is 5.98. The van der Waals surface area contributed by atoms with Gasteiger partial charge in [-0.05, 0) is 36.1 Å². The number of nitrogens with two attached hydrogens (primary N) is 1. The van der Waals surface area contributed by atoms with Crippen LogP contribution in [0.5, 0.6) is 0 Å². The van der Waals surface area contributed by atoms with Gasteiger partial charge in [-0.3, -0.25) is 4.79 Å². The van der Waals surface area contributed by atoms with Gasteiger partial charge in [0, 0.05) is 6.54 Å². The molecule has 0 heterocycles. The van der Waals surface area contributed by atoms with Crippen LogP contribution in [-0.2, 0) is 21.2 Å². The molecule has 0 saturated carbocycles. The van der Waals surface area contributed by atoms with Crippen molar-refractivity contribution in [3.8, 4) is 0 Å². The maximum Gasteiger partial charge on any atom is 0.238 e. The van der Waals surface area contributed by atoms with Gasteiger partial charge in [0.15, 0.2) is 0 Å². The number of benzene rings is 2. The smallest absolute Gasteiger partial charge is 0.238 e. The zero-order valence-corrected chi connectivity index (χ0v) is 15.1. The van der Waals surface area contributed by atoms with Crippen LogP contribution in [-0.4, -0.2) is 20.9 Å². The first-order chi connectivity index (χ1) is 11.9. The summed E-state index contributed by atoms with van der Waals surface area (Å²) in [5, 5.41) is 8.06. The zero-order chi connectivity index (χ0) is 18.3. The predicted octanol–water partition coefficient (Wildman–Crippen LogP) is 2.58. The first kappa shape index (κ1) is 19.1. The Morgan fingerprint density at radius 1 is 1.08 bits per heavy atom. The molecule has 0 aliphatic carbocycles. The van der Waals surface area contributed by atoms with Crippen LogP contribution in [0.2, 0.25) is 0 Å². The molecule has 0 saturated heterocycles. The van der Waals surface area contributed by atoms with Gasteiger partial charge in [0.25, 0.3) is 0 Å². The van der Waals surface area contributed by atoms with Crippen LogP contribution in [0, 0.1) is 0 Å². The molecule has 0 aliphatic heterocycles. The number of amides is 1. The third kappa shape index (κ3) is 5.69. The van der Waals surface area contributed by atoms with E-state index in [0.717, 1.165) is 24.0 Å². The second kappa shape index (κ2) is 8.78. The van der Waals surface area contributed by atoms with E-state index in [9.17, 15) is 13.2 Å². The van der Waals surface area contributed by atoms with Gasteiger partial charge in [0.1, 0.15) is 0 Å². The molecular weight excluding hydrogens is 336 g/mol. The number of primary sulfonamides is 1. The van der Waals surface area contributed by atoms with Crippen molar-refractivity contribution in [2.45, 2.75) is 37.0 Å². The lowest BCUT2D eigenvalue weighted by molar-refractivity contribution is -0.122. The first-order valence-electron chi connectivity index (χ1n) is 8.36.